The lowest BCUT2D eigenvalue weighted by molar-refractivity contribution is -0.137. The summed E-state index contributed by atoms with van der Waals surface area (Å²) >= 11 is 0. The first-order valence-electron chi connectivity index (χ1n) is 9.30. The van der Waals surface area contributed by atoms with E-state index < -0.39 is 36.4 Å². The van der Waals surface area contributed by atoms with Crippen molar-refractivity contribution in [1.29, 1.82) is 5.26 Å². The summed E-state index contributed by atoms with van der Waals surface area (Å²) in [6.45, 7) is 0.598. The van der Waals surface area contributed by atoms with E-state index in [-0.39, 0.29) is 23.0 Å². The fraction of sp³-hybridized carbons (Fsp3) is 0.409. The summed E-state index contributed by atoms with van der Waals surface area (Å²) < 4.78 is 71.8. The van der Waals surface area contributed by atoms with E-state index in [0.29, 0.717) is 12.8 Å². The van der Waals surface area contributed by atoms with Gasteiger partial charge in [-0.2, -0.15) is 18.4 Å². The highest BCUT2D eigenvalue weighted by Crippen LogP contribution is 2.43. The van der Waals surface area contributed by atoms with Gasteiger partial charge in [0.25, 0.3) is 0 Å². The van der Waals surface area contributed by atoms with Crippen LogP contribution in [0.5, 0.6) is 0 Å². The normalized spacial score (nSPS) is 23.0. The summed E-state index contributed by atoms with van der Waals surface area (Å²) in [7, 11) is 0. The van der Waals surface area contributed by atoms with Crippen molar-refractivity contribution in [3.8, 4) is 6.07 Å². The van der Waals surface area contributed by atoms with Crippen LogP contribution in [0.4, 0.5) is 22.0 Å². The van der Waals surface area contributed by atoms with E-state index in [2.05, 4.69) is 6.07 Å². The minimum absolute atomic E-state index is 0.0679. The topological polar surface area (TPSA) is 33.0 Å². The van der Waals surface area contributed by atoms with Crippen molar-refractivity contribution in [3.63, 3.8) is 0 Å². The lowest BCUT2D eigenvalue weighted by atomic mass is 9.88. The summed E-state index contributed by atoms with van der Waals surface area (Å²) in [5.41, 5.74) is -0.0110. The predicted octanol–water partition coefficient (Wildman–Crippen LogP) is 6.48. The van der Waals surface area contributed by atoms with Crippen LogP contribution in [0.2, 0.25) is 0 Å². The summed E-state index contributed by atoms with van der Waals surface area (Å²) in [5.74, 6) is -1.04. The Balaban J connectivity index is 1.86. The molecule has 1 aliphatic carbocycles. The molecule has 0 aromatic heterocycles. The molecule has 2 nitrogen and oxygen atoms in total. The van der Waals surface area contributed by atoms with Gasteiger partial charge in [-0.3, -0.25) is 0 Å². The molecule has 0 N–H and O–H groups in total. The smallest absolute Gasteiger partial charge is 0.370 e. The predicted molar refractivity (Wildman–Crippen MR) is 97.0 cm³/mol. The van der Waals surface area contributed by atoms with Crippen molar-refractivity contribution in [2.24, 2.45) is 5.92 Å². The first-order valence-corrected chi connectivity index (χ1v) is 9.30. The third-order valence-corrected chi connectivity index (χ3v) is 5.36. The molecule has 0 aliphatic heterocycles. The van der Waals surface area contributed by atoms with E-state index in [9.17, 15) is 27.2 Å². The average molecular weight is 409 g/mol. The standard InChI is InChI=1S/C22H20F5NO/c1-13(17-8-14(11-23)9-18(10-17)22(25,26)27)29-20-7-4-16(12-28)21(20)15-2-5-19(24)6-3-15/h2-3,5-6,8-10,13,16,20-21H,4,7,11H2,1H3/t13-,16+,20+,21?/m1/s1. The fourth-order valence-electron chi connectivity index (χ4n) is 3.93. The first-order chi connectivity index (χ1) is 13.7. The van der Waals surface area contributed by atoms with Crippen molar-refractivity contribution in [2.45, 2.75) is 50.7 Å². The molecule has 0 heterocycles. The highest BCUT2D eigenvalue weighted by molar-refractivity contribution is 5.33. The highest BCUT2D eigenvalue weighted by atomic mass is 19.4. The van der Waals surface area contributed by atoms with Crippen LogP contribution in [-0.2, 0) is 17.6 Å². The second-order valence-corrected chi connectivity index (χ2v) is 7.30. The van der Waals surface area contributed by atoms with E-state index in [0.717, 1.165) is 17.7 Å². The van der Waals surface area contributed by atoms with Gasteiger partial charge in [0.2, 0.25) is 0 Å². The van der Waals surface area contributed by atoms with Gasteiger partial charge in [0.1, 0.15) is 12.5 Å². The van der Waals surface area contributed by atoms with Crippen molar-refractivity contribution in [3.05, 3.63) is 70.5 Å². The Labute approximate surface area is 165 Å². The van der Waals surface area contributed by atoms with Crippen LogP contribution < -0.4 is 0 Å². The second-order valence-electron chi connectivity index (χ2n) is 7.30. The minimum atomic E-state index is -4.59. The van der Waals surface area contributed by atoms with Crippen molar-refractivity contribution < 1.29 is 26.7 Å². The maximum atomic E-state index is 13.3. The summed E-state index contributed by atoms with van der Waals surface area (Å²) in [6, 6.07) is 11.2. The molecule has 0 bridgehead atoms. The number of nitrogens with zero attached hydrogens (tertiary/aromatic N) is 1. The van der Waals surface area contributed by atoms with E-state index in [4.69, 9.17) is 4.74 Å². The van der Waals surface area contributed by atoms with E-state index in [1.807, 2.05) is 0 Å². The number of hydrogen-bond donors (Lipinski definition) is 0. The highest BCUT2D eigenvalue weighted by Gasteiger charge is 2.39. The Morgan fingerprint density at radius 1 is 1.14 bits per heavy atom. The van der Waals surface area contributed by atoms with Crippen LogP contribution in [0.3, 0.4) is 0 Å². The summed E-state index contributed by atoms with van der Waals surface area (Å²) in [5, 5.41) is 9.47. The number of ether oxygens (including phenoxy) is 1. The van der Waals surface area contributed by atoms with Crippen LogP contribution in [-0.4, -0.2) is 6.10 Å². The maximum Gasteiger partial charge on any atom is 0.416 e. The Kier molecular flexibility index (Phi) is 6.23. The van der Waals surface area contributed by atoms with Gasteiger partial charge in [-0.1, -0.05) is 18.2 Å². The van der Waals surface area contributed by atoms with Crippen LogP contribution in [0, 0.1) is 23.1 Å². The minimum Gasteiger partial charge on any atom is -0.370 e. The zero-order chi connectivity index (χ0) is 21.2. The molecule has 1 aliphatic rings. The molecule has 0 amide bonds. The number of hydrogen-bond acceptors (Lipinski definition) is 2. The van der Waals surface area contributed by atoms with Gasteiger partial charge in [0.15, 0.2) is 0 Å². The zero-order valence-electron chi connectivity index (χ0n) is 15.7. The lowest BCUT2D eigenvalue weighted by Gasteiger charge is -2.26. The quantitative estimate of drug-likeness (QED) is 0.530. The molecular formula is C22H20F5NO. The molecule has 0 saturated heterocycles. The summed E-state index contributed by atoms with van der Waals surface area (Å²) in [4.78, 5) is 0. The van der Waals surface area contributed by atoms with Crippen LogP contribution in [0.15, 0.2) is 42.5 Å². The third-order valence-electron chi connectivity index (χ3n) is 5.36. The van der Waals surface area contributed by atoms with Crippen molar-refractivity contribution in [2.75, 3.05) is 0 Å². The molecule has 154 valence electrons. The van der Waals surface area contributed by atoms with Crippen molar-refractivity contribution in [1.82, 2.24) is 0 Å². The summed E-state index contributed by atoms with van der Waals surface area (Å²) in [6.07, 6.45) is -4.60. The van der Waals surface area contributed by atoms with Crippen LogP contribution >= 0.6 is 0 Å². The van der Waals surface area contributed by atoms with Crippen LogP contribution in [0.1, 0.15) is 54.0 Å². The third kappa shape index (κ3) is 4.76. The van der Waals surface area contributed by atoms with E-state index in [1.54, 1.807) is 19.1 Å². The SMILES string of the molecule is C[C@@H](O[C@H]1CC[C@@H](C#N)C1c1ccc(F)cc1)c1cc(CF)cc(C(F)(F)F)c1. The van der Waals surface area contributed by atoms with Gasteiger partial charge in [-0.25, -0.2) is 8.78 Å². The van der Waals surface area contributed by atoms with Crippen LogP contribution in [0.25, 0.3) is 0 Å². The second kappa shape index (κ2) is 8.50. The molecule has 0 spiro atoms. The number of benzene rings is 2. The number of alkyl halides is 4. The number of rotatable bonds is 5. The van der Waals surface area contributed by atoms with Crippen molar-refractivity contribution >= 4 is 0 Å². The van der Waals surface area contributed by atoms with E-state index >= 15 is 0 Å². The Morgan fingerprint density at radius 2 is 1.83 bits per heavy atom. The average Bonchev–Trinajstić information content (AvgIpc) is 3.10. The van der Waals surface area contributed by atoms with Gasteiger partial charge in [0.05, 0.1) is 29.8 Å². The molecule has 3 rings (SSSR count). The number of nitriles is 1. The maximum absolute atomic E-state index is 13.3. The van der Waals surface area contributed by atoms with Gasteiger partial charge in [0, 0.05) is 5.92 Å². The van der Waals surface area contributed by atoms with Gasteiger partial charge in [-0.15, -0.1) is 0 Å². The largest absolute Gasteiger partial charge is 0.416 e. The molecule has 7 heteroatoms. The van der Waals surface area contributed by atoms with E-state index in [1.165, 1.54) is 18.2 Å². The monoisotopic (exact) mass is 409 g/mol. The van der Waals surface area contributed by atoms with Gasteiger partial charge >= 0.3 is 6.18 Å². The lowest BCUT2D eigenvalue weighted by Crippen LogP contribution is -2.22. The molecule has 1 unspecified atom stereocenters. The van der Waals surface area contributed by atoms with Gasteiger partial charge in [-0.05, 0) is 60.7 Å². The molecule has 2 aromatic carbocycles. The molecule has 29 heavy (non-hydrogen) atoms. The molecule has 1 fully saturated rings. The molecular weight excluding hydrogens is 389 g/mol. The Hall–Kier alpha value is -2.46. The Morgan fingerprint density at radius 3 is 2.41 bits per heavy atom. The molecule has 2 aromatic rings. The zero-order valence-corrected chi connectivity index (χ0v) is 15.7. The van der Waals surface area contributed by atoms with Gasteiger partial charge < -0.3 is 4.74 Å². The fourth-order valence-corrected chi connectivity index (χ4v) is 3.93. The first kappa shape index (κ1) is 21.3. The number of halogens is 5. The molecule has 0 radical (unpaired) electrons. The molecule has 1 saturated carbocycles. The Bertz CT molecular complexity index is 888. The molecule has 4 atom stereocenters.